The van der Waals surface area contributed by atoms with Crippen LogP contribution >= 0.6 is 0 Å². The average molecular weight is 304 g/mol. The molecule has 0 bridgehead atoms. The highest BCUT2D eigenvalue weighted by Crippen LogP contribution is 2.38. The third kappa shape index (κ3) is 3.23. The van der Waals surface area contributed by atoms with Crippen LogP contribution in [0.4, 0.5) is 0 Å². The van der Waals surface area contributed by atoms with Crippen LogP contribution in [-0.4, -0.2) is 45.3 Å². The third-order valence-electron chi connectivity index (χ3n) is 5.21. The molecule has 2 fully saturated rings. The maximum absolute atomic E-state index is 5.55. The molecule has 2 heterocycles. The Labute approximate surface area is 133 Å². The van der Waals surface area contributed by atoms with Gasteiger partial charge in [0.15, 0.2) is 0 Å². The second-order valence-electron chi connectivity index (χ2n) is 6.74. The van der Waals surface area contributed by atoms with Crippen molar-refractivity contribution in [3.63, 3.8) is 0 Å². The third-order valence-corrected chi connectivity index (χ3v) is 5.21. The van der Waals surface area contributed by atoms with Gasteiger partial charge in [0.2, 0.25) is 0 Å². The monoisotopic (exact) mass is 304 g/mol. The number of methoxy groups -OCH3 is 2. The molecule has 0 amide bonds. The van der Waals surface area contributed by atoms with Crippen molar-refractivity contribution in [1.29, 1.82) is 0 Å². The number of nitrogens with zero attached hydrogens (tertiary/aromatic N) is 1. The number of ether oxygens (including phenoxy) is 2. The van der Waals surface area contributed by atoms with Crippen LogP contribution in [0.3, 0.4) is 0 Å². The van der Waals surface area contributed by atoms with Gasteiger partial charge in [0.05, 0.1) is 19.8 Å². The van der Waals surface area contributed by atoms with E-state index in [1.165, 1.54) is 57.4 Å². The van der Waals surface area contributed by atoms with Gasteiger partial charge in [0.1, 0.15) is 11.5 Å². The minimum absolute atomic E-state index is 0.478. The molecule has 1 spiro atoms. The van der Waals surface area contributed by atoms with Crippen molar-refractivity contribution < 1.29 is 9.47 Å². The van der Waals surface area contributed by atoms with Gasteiger partial charge in [-0.05, 0) is 56.3 Å². The fraction of sp³-hybridized carbons (Fsp3) is 0.667. The Kier molecular flexibility index (Phi) is 4.89. The number of hydrogen-bond donors (Lipinski definition) is 1. The molecule has 4 nitrogen and oxygen atoms in total. The summed E-state index contributed by atoms with van der Waals surface area (Å²) >= 11 is 0. The van der Waals surface area contributed by atoms with E-state index in [2.05, 4.69) is 10.2 Å². The lowest BCUT2D eigenvalue weighted by Crippen LogP contribution is -2.50. The van der Waals surface area contributed by atoms with Crippen LogP contribution in [0, 0.1) is 5.41 Å². The van der Waals surface area contributed by atoms with Gasteiger partial charge in [-0.3, -0.25) is 4.90 Å². The Bertz CT molecular complexity index is 470. The van der Waals surface area contributed by atoms with Crippen molar-refractivity contribution in [3.8, 4) is 11.5 Å². The zero-order valence-corrected chi connectivity index (χ0v) is 13.9. The van der Waals surface area contributed by atoms with E-state index < -0.39 is 0 Å². The molecule has 122 valence electrons. The second kappa shape index (κ2) is 6.88. The van der Waals surface area contributed by atoms with Crippen molar-refractivity contribution >= 4 is 0 Å². The summed E-state index contributed by atoms with van der Waals surface area (Å²) in [6.45, 7) is 5.62. The summed E-state index contributed by atoms with van der Waals surface area (Å²) in [7, 11) is 3.47. The van der Waals surface area contributed by atoms with E-state index in [-0.39, 0.29) is 0 Å². The molecular formula is C18H28N2O2. The number of rotatable bonds is 4. The van der Waals surface area contributed by atoms with Gasteiger partial charge < -0.3 is 14.8 Å². The van der Waals surface area contributed by atoms with Crippen LogP contribution in [0.2, 0.25) is 0 Å². The highest BCUT2D eigenvalue weighted by Gasteiger charge is 2.36. The molecule has 0 radical (unpaired) electrons. The molecule has 2 aliphatic heterocycles. The van der Waals surface area contributed by atoms with Crippen molar-refractivity contribution in [3.05, 3.63) is 23.8 Å². The molecule has 22 heavy (non-hydrogen) atoms. The van der Waals surface area contributed by atoms with E-state index in [1.54, 1.807) is 14.2 Å². The van der Waals surface area contributed by atoms with Gasteiger partial charge >= 0.3 is 0 Å². The van der Waals surface area contributed by atoms with Crippen molar-refractivity contribution in [1.82, 2.24) is 10.2 Å². The zero-order chi connectivity index (χ0) is 15.4. The van der Waals surface area contributed by atoms with E-state index in [0.717, 1.165) is 18.0 Å². The molecule has 3 rings (SSSR count). The molecule has 4 heteroatoms. The molecule has 1 atom stereocenters. The predicted molar refractivity (Wildman–Crippen MR) is 88.6 cm³/mol. The van der Waals surface area contributed by atoms with E-state index in [0.29, 0.717) is 5.41 Å². The summed E-state index contributed by atoms with van der Waals surface area (Å²) in [4.78, 5) is 2.58. The predicted octanol–water partition coefficient (Wildman–Crippen LogP) is 2.67. The molecule has 1 unspecified atom stereocenters. The molecule has 1 aromatic rings. The summed E-state index contributed by atoms with van der Waals surface area (Å²) in [5.41, 5.74) is 1.65. The van der Waals surface area contributed by atoms with Crippen LogP contribution in [0.1, 0.15) is 31.2 Å². The standard InChI is InChI=1S/C18H28N2O2/c1-21-16-6-3-7-17(22-2)15(16)12-20-11-5-9-18(14-20)8-4-10-19-13-18/h3,6-7,19H,4-5,8-14H2,1-2H3. The Morgan fingerprint density at radius 3 is 2.50 bits per heavy atom. The largest absolute Gasteiger partial charge is 0.496 e. The Morgan fingerprint density at radius 1 is 1.14 bits per heavy atom. The molecule has 2 aliphatic rings. The summed E-state index contributed by atoms with van der Waals surface area (Å²) in [6.07, 6.45) is 5.32. The Balaban J connectivity index is 1.75. The molecular weight excluding hydrogens is 276 g/mol. The van der Waals surface area contributed by atoms with Crippen molar-refractivity contribution in [2.45, 2.75) is 32.2 Å². The number of hydrogen-bond acceptors (Lipinski definition) is 4. The summed E-state index contributed by atoms with van der Waals surface area (Å²) in [6, 6.07) is 6.05. The van der Waals surface area contributed by atoms with Crippen LogP contribution in [0.25, 0.3) is 0 Å². The first kappa shape index (κ1) is 15.6. The maximum Gasteiger partial charge on any atom is 0.127 e. The smallest absolute Gasteiger partial charge is 0.127 e. The zero-order valence-electron chi connectivity index (χ0n) is 13.9. The second-order valence-corrected chi connectivity index (χ2v) is 6.74. The van der Waals surface area contributed by atoms with Crippen LogP contribution in [0.15, 0.2) is 18.2 Å². The quantitative estimate of drug-likeness (QED) is 0.927. The lowest BCUT2D eigenvalue weighted by atomic mass is 9.74. The number of likely N-dealkylation sites (tertiary alicyclic amines) is 1. The highest BCUT2D eigenvalue weighted by molar-refractivity contribution is 5.44. The summed E-state index contributed by atoms with van der Waals surface area (Å²) < 4.78 is 11.1. The SMILES string of the molecule is COc1cccc(OC)c1CN1CCCC2(CCCNC2)C1. The number of piperidine rings is 2. The molecule has 2 saturated heterocycles. The van der Waals surface area contributed by atoms with E-state index >= 15 is 0 Å². The fourth-order valence-electron chi connectivity index (χ4n) is 4.13. The normalized spacial score (nSPS) is 26.1. The fourth-order valence-corrected chi connectivity index (χ4v) is 4.13. The van der Waals surface area contributed by atoms with Gasteiger partial charge in [-0.2, -0.15) is 0 Å². The van der Waals surface area contributed by atoms with Crippen molar-refractivity contribution in [2.24, 2.45) is 5.41 Å². The first-order valence-corrected chi connectivity index (χ1v) is 8.39. The van der Waals surface area contributed by atoms with Crippen LogP contribution in [0.5, 0.6) is 11.5 Å². The Hall–Kier alpha value is -1.26. The summed E-state index contributed by atoms with van der Waals surface area (Å²) in [5, 5.41) is 3.60. The van der Waals surface area contributed by atoms with Crippen molar-refractivity contribution in [2.75, 3.05) is 40.4 Å². The lowest BCUT2D eigenvalue weighted by molar-refractivity contribution is 0.0591. The van der Waals surface area contributed by atoms with Gasteiger partial charge in [-0.15, -0.1) is 0 Å². The van der Waals surface area contributed by atoms with Gasteiger partial charge in [0, 0.05) is 19.6 Å². The molecule has 0 aromatic heterocycles. The molecule has 1 N–H and O–H groups in total. The highest BCUT2D eigenvalue weighted by atomic mass is 16.5. The van der Waals surface area contributed by atoms with E-state index in [1.807, 2.05) is 18.2 Å². The maximum atomic E-state index is 5.55. The first-order valence-electron chi connectivity index (χ1n) is 8.39. The number of benzene rings is 1. The minimum atomic E-state index is 0.478. The van der Waals surface area contributed by atoms with E-state index in [4.69, 9.17) is 9.47 Å². The minimum Gasteiger partial charge on any atom is -0.496 e. The van der Waals surface area contributed by atoms with Gasteiger partial charge in [-0.25, -0.2) is 0 Å². The van der Waals surface area contributed by atoms with Gasteiger partial charge in [-0.1, -0.05) is 6.07 Å². The first-order chi connectivity index (χ1) is 10.8. The van der Waals surface area contributed by atoms with E-state index in [9.17, 15) is 0 Å². The lowest BCUT2D eigenvalue weighted by Gasteiger charge is -2.45. The average Bonchev–Trinajstić information content (AvgIpc) is 2.56. The topological polar surface area (TPSA) is 33.7 Å². The van der Waals surface area contributed by atoms with Crippen LogP contribution < -0.4 is 14.8 Å². The number of nitrogens with one attached hydrogen (secondary N) is 1. The Morgan fingerprint density at radius 2 is 1.86 bits per heavy atom. The van der Waals surface area contributed by atoms with Crippen LogP contribution in [-0.2, 0) is 6.54 Å². The van der Waals surface area contributed by atoms with Gasteiger partial charge in [0.25, 0.3) is 0 Å². The molecule has 0 aliphatic carbocycles. The molecule has 1 aromatic carbocycles. The molecule has 0 saturated carbocycles. The summed E-state index contributed by atoms with van der Waals surface area (Å²) in [5.74, 6) is 1.86.